The first-order chi connectivity index (χ1) is 13.7. The Balaban J connectivity index is 1.88. The average Bonchev–Trinajstić information content (AvgIpc) is 3.16. The fourth-order valence-corrected chi connectivity index (χ4v) is 5.96. The Labute approximate surface area is 172 Å². The minimum atomic E-state index is -0.0257. The van der Waals surface area contributed by atoms with Gasteiger partial charge in [0.1, 0.15) is 0 Å². The summed E-state index contributed by atoms with van der Waals surface area (Å²) in [4.78, 5) is 18.9. The topological polar surface area (TPSA) is 34.9 Å². The Kier molecular flexibility index (Phi) is 5.77. The lowest BCUT2D eigenvalue weighted by molar-refractivity contribution is 0.418. The van der Waals surface area contributed by atoms with Gasteiger partial charge in [-0.1, -0.05) is 74.7 Å². The molecule has 0 unspecified atom stereocenters. The molecular formula is C24H30N2OS. The van der Waals surface area contributed by atoms with E-state index < -0.39 is 0 Å². The Morgan fingerprint density at radius 1 is 1.25 bits per heavy atom. The van der Waals surface area contributed by atoms with Crippen LogP contribution in [-0.2, 0) is 18.4 Å². The zero-order valence-electron chi connectivity index (χ0n) is 16.9. The van der Waals surface area contributed by atoms with E-state index >= 15 is 0 Å². The van der Waals surface area contributed by atoms with Crippen LogP contribution in [0.4, 0.5) is 0 Å². The summed E-state index contributed by atoms with van der Waals surface area (Å²) in [7, 11) is 0. The van der Waals surface area contributed by atoms with E-state index in [1.165, 1.54) is 31.2 Å². The van der Waals surface area contributed by atoms with Gasteiger partial charge in [0.05, 0.1) is 11.3 Å². The van der Waals surface area contributed by atoms with Gasteiger partial charge in [-0.3, -0.25) is 9.36 Å². The molecule has 0 atom stereocenters. The van der Waals surface area contributed by atoms with E-state index in [1.807, 2.05) is 10.6 Å². The molecule has 28 heavy (non-hydrogen) atoms. The largest absolute Gasteiger partial charge is 0.283 e. The summed E-state index contributed by atoms with van der Waals surface area (Å²) >= 11 is 1.72. The molecule has 0 radical (unpaired) electrons. The molecule has 148 valence electrons. The molecule has 2 aliphatic carbocycles. The van der Waals surface area contributed by atoms with Crippen LogP contribution in [0.25, 0.3) is 11.3 Å². The molecule has 2 aliphatic rings. The van der Waals surface area contributed by atoms with Crippen molar-refractivity contribution in [1.82, 2.24) is 9.55 Å². The van der Waals surface area contributed by atoms with Crippen LogP contribution in [0, 0.1) is 0 Å². The molecule has 3 nitrogen and oxygen atoms in total. The molecule has 0 N–H and O–H groups in total. The quantitative estimate of drug-likeness (QED) is 0.260. The lowest BCUT2D eigenvalue weighted by Crippen LogP contribution is -2.40. The minimum absolute atomic E-state index is 0.0257. The number of fused-ring (bicyclic) bond motifs is 4. The summed E-state index contributed by atoms with van der Waals surface area (Å²) in [5, 5.41) is 0.851. The number of benzene rings is 1. The van der Waals surface area contributed by atoms with E-state index in [2.05, 4.69) is 37.8 Å². The molecule has 0 aliphatic heterocycles. The molecule has 1 aromatic carbocycles. The summed E-state index contributed by atoms with van der Waals surface area (Å²) in [5.74, 6) is 1.00. The SMILES string of the molecule is C=CCn1c(SCCCCC)nc2c(c1=O)C1(CCCC1)Cc1ccccc1-2. The van der Waals surface area contributed by atoms with Crippen molar-refractivity contribution < 1.29 is 0 Å². The van der Waals surface area contributed by atoms with Gasteiger partial charge in [-0.05, 0) is 31.2 Å². The third kappa shape index (κ3) is 3.36. The third-order valence-corrected chi connectivity index (χ3v) is 7.38. The second kappa shape index (κ2) is 8.28. The molecule has 4 heteroatoms. The molecule has 0 amide bonds. The Hall–Kier alpha value is -1.81. The van der Waals surface area contributed by atoms with Crippen molar-refractivity contribution in [3.8, 4) is 11.3 Å². The van der Waals surface area contributed by atoms with Crippen LogP contribution in [0.1, 0.15) is 63.0 Å². The second-order valence-corrected chi connectivity index (χ2v) is 9.26. The predicted molar refractivity (Wildman–Crippen MR) is 118 cm³/mol. The average molecular weight is 395 g/mol. The summed E-state index contributed by atoms with van der Waals surface area (Å²) in [6, 6.07) is 8.56. The lowest BCUT2D eigenvalue weighted by atomic mass is 9.68. The van der Waals surface area contributed by atoms with Crippen LogP contribution in [0.5, 0.6) is 0 Å². The van der Waals surface area contributed by atoms with Crippen molar-refractivity contribution in [1.29, 1.82) is 0 Å². The zero-order valence-corrected chi connectivity index (χ0v) is 17.7. The highest BCUT2D eigenvalue weighted by Crippen LogP contribution is 2.49. The van der Waals surface area contributed by atoms with Gasteiger partial charge in [-0.25, -0.2) is 4.98 Å². The van der Waals surface area contributed by atoms with Crippen molar-refractivity contribution in [2.24, 2.45) is 0 Å². The van der Waals surface area contributed by atoms with E-state index in [4.69, 9.17) is 4.98 Å². The monoisotopic (exact) mass is 394 g/mol. The summed E-state index contributed by atoms with van der Waals surface area (Å²) in [6.45, 7) is 6.64. The Morgan fingerprint density at radius 2 is 2.04 bits per heavy atom. The van der Waals surface area contributed by atoms with Crippen LogP contribution in [0.2, 0.25) is 0 Å². The molecule has 4 rings (SSSR count). The van der Waals surface area contributed by atoms with Crippen LogP contribution in [0.3, 0.4) is 0 Å². The van der Waals surface area contributed by atoms with Crippen molar-refractivity contribution in [3.63, 3.8) is 0 Å². The summed E-state index contributed by atoms with van der Waals surface area (Å²) < 4.78 is 1.87. The standard InChI is InChI=1S/C24H30N2OS/c1-3-5-10-16-28-23-25-21-19-12-7-6-11-18(19)17-24(13-8-9-14-24)20(21)22(27)26(23)15-4-2/h4,6-7,11-12H,2-3,5,8-10,13-17H2,1H3. The van der Waals surface area contributed by atoms with Gasteiger partial charge in [0, 0.05) is 23.3 Å². The minimum Gasteiger partial charge on any atom is -0.283 e. The van der Waals surface area contributed by atoms with Crippen molar-refractivity contribution >= 4 is 11.8 Å². The van der Waals surface area contributed by atoms with Crippen LogP contribution < -0.4 is 5.56 Å². The Bertz CT molecular complexity index is 925. The number of thioether (sulfide) groups is 1. The van der Waals surface area contributed by atoms with Crippen molar-refractivity contribution in [2.45, 2.75) is 75.4 Å². The zero-order chi connectivity index (χ0) is 19.6. The number of aromatic nitrogens is 2. The maximum Gasteiger partial charge on any atom is 0.258 e. The molecule has 1 aromatic heterocycles. The van der Waals surface area contributed by atoms with E-state index in [1.54, 1.807) is 11.8 Å². The molecule has 1 saturated carbocycles. The lowest BCUT2D eigenvalue weighted by Gasteiger charge is -2.36. The van der Waals surface area contributed by atoms with E-state index in [0.29, 0.717) is 6.54 Å². The first-order valence-corrected chi connectivity index (χ1v) is 11.7. The number of nitrogens with zero attached hydrogens (tertiary/aromatic N) is 2. The van der Waals surface area contributed by atoms with Gasteiger partial charge in [-0.15, -0.1) is 6.58 Å². The molecule has 0 saturated heterocycles. The third-order valence-electron chi connectivity index (χ3n) is 6.32. The number of unbranched alkanes of at least 4 members (excludes halogenated alkanes) is 2. The molecule has 2 aromatic rings. The summed E-state index contributed by atoms with van der Waals surface area (Å²) in [6.07, 6.45) is 11.0. The normalized spacial score (nSPS) is 16.8. The van der Waals surface area contributed by atoms with E-state index in [0.717, 1.165) is 53.4 Å². The highest BCUT2D eigenvalue weighted by molar-refractivity contribution is 7.99. The molecule has 1 fully saturated rings. The van der Waals surface area contributed by atoms with Crippen LogP contribution >= 0.6 is 11.8 Å². The number of rotatable bonds is 7. The maximum atomic E-state index is 13.7. The fraction of sp³-hybridized carbons (Fsp3) is 0.500. The van der Waals surface area contributed by atoms with E-state index in [-0.39, 0.29) is 11.0 Å². The molecule has 1 heterocycles. The first-order valence-electron chi connectivity index (χ1n) is 10.7. The number of allylic oxidation sites excluding steroid dienone is 1. The van der Waals surface area contributed by atoms with Gasteiger partial charge in [-0.2, -0.15) is 0 Å². The predicted octanol–water partition coefficient (Wildman–Crippen LogP) is 5.75. The molecule has 0 bridgehead atoms. The highest BCUT2D eigenvalue weighted by Gasteiger charge is 2.44. The van der Waals surface area contributed by atoms with Crippen LogP contribution in [-0.4, -0.2) is 15.3 Å². The highest BCUT2D eigenvalue weighted by atomic mass is 32.2. The van der Waals surface area contributed by atoms with Crippen molar-refractivity contribution in [2.75, 3.05) is 5.75 Å². The van der Waals surface area contributed by atoms with E-state index in [9.17, 15) is 4.79 Å². The second-order valence-electron chi connectivity index (χ2n) is 8.20. The van der Waals surface area contributed by atoms with Gasteiger partial charge in [0.15, 0.2) is 5.16 Å². The van der Waals surface area contributed by atoms with Gasteiger partial charge < -0.3 is 0 Å². The maximum absolute atomic E-state index is 13.7. The smallest absolute Gasteiger partial charge is 0.258 e. The fourth-order valence-electron chi connectivity index (χ4n) is 4.96. The molecule has 1 spiro atoms. The first kappa shape index (κ1) is 19.5. The number of hydrogen-bond acceptors (Lipinski definition) is 3. The van der Waals surface area contributed by atoms with Crippen LogP contribution in [0.15, 0.2) is 46.9 Å². The summed E-state index contributed by atoms with van der Waals surface area (Å²) in [5.41, 5.74) is 4.58. The number of hydrogen-bond donors (Lipinski definition) is 0. The van der Waals surface area contributed by atoms with Gasteiger partial charge in [0.2, 0.25) is 0 Å². The van der Waals surface area contributed by atoms with Crippen molar-refractivity contribution in [3.05, 3.63) is 58.4 Å². The van der Waals surface area contributed by atoms with Gasteiger partial charge in [0.25, 0.3) is 5.56 Å². The van der Waals surface area contributed by atoms with Gasteiger partial charge >= 0.3 is 0 Å². The molecular weight excluding hydrogens is 364 g/mol. The Morgan fingerprint density at radius 3 is 2.79 bits per heavy atom.